The highest BCUT2D eigenvalue weighted by molar-refractivity contribution is 5.20. The fourth-order valence-corrected chi connectivity index (χ4v) is 2.52. The Morgan fingerprint density at radius 2 is 2.00 bits per heavy atom. The van der Waals surface area contributed by atoms with Crippen LogP contribution in [0.3, 0.4) is 0 Å². The van der Waals surface area contributed by atoms with E-state index in [1.165, 1.54) is 0 Å². The Morgan fingerprint density at radius 3 is 2.65 bits per heavy atom. The van der Waals surface area contributed by atoms with Crippen LogP contribution in [-0.2, 0) is 4.74 Å². The van der Waals surface area contributed by atoms with Crippen LogP contribution in [0, 0.1) is 0 Å². The van der Waals surface area contributed by atoms with E-state index in [1.807, 2.05) is 42.2 Å². The number of benzene rings is 1. The topological polar surface area (TPSA) is 24.5 Å². The van der Waals surface area contributed by atoms with Crippen molar-refractivity contribution >= 4 is 0 Å². The number of halogens is 3. The molecule has 1 aliphatic heterocycles. The lowest BCUT2D eigenvalue weighted by molar-refractivity contribution is -0.325. The second-order valence-corrected chi connectivity index (χ2v) is 5.02. The standard InChI is InChI=1S/C14H19F3N2O/c1-11-10-19(7-8-20-14(15,16)17)13(9-18-11)12-5-3-2-4-6-12/h2-6,11,13,18H,7-10H2,1H3. The number of hydrogen-bond donors (Lipinski definition) is 1. The molecule has 1 fully saturated rings. The summed E-state index contributed by atoms with van der Waals surface area (Å²) in [6.45, 7) is 3.40. The van der Waals surface area contributed by atoms with E-state index in [9.17, 15) is 13.2 Å². The van der Waals surface area contributed by atoms with Gasteiger partial charge < -0.3 is 5.32 Å². The molecule has 2 atom stereocenters. The van der Waals surface area contributed by atoms with Gasteiger partial charge in [0.1, 0.15) is 0 Å². The van der Waals surface area contributed by atoms with Crippen molar-refractivity contribution in [1.82, 2.24) is 10.2 Å². The van der Waals surface area contributed by atoms with Gasteiger partial charge in [0.15, 0.2) is 0 Å². The number of alkyl halides is 3. The van der Waals surface area contributed by atoms with Crippen molar-refractivity contribution in [3.63, 3.8) is 0 Å². The molecule has 20 heavy (non-hydrogen) atoms. The van der Waals surface area contributed by atoms with Gasteiger partial charge in [0.05, 0.1) is 6.61 Å². The van der Waals surface area contributed by atoms with Gasteiger partial charge in [-0.3, -0.25) is 9.64 Å². The molecular formula is C14H19F3N2O. The Kier molecular flexibility index (Phi) is 5.01. The van der Waals surface area contributed by atoms with Gasteiger partial charge >= 0.3 is 6.36 Å². The minimum absolute atomic E-state index is 0.0873. The SMILES string of the molecule is CC1CN(CCOC(F)(F)F)C(c2ccccc2)CN1. The fourth-order valence-electron chi connectivity index (χ4n) is 2.52. The Bertz CT molecular complexity index is 411. The number of nitrogens with one attached hydrogen (secondary N) is 1. The summed E-state index contributed by atoms with van der Waals surface area (Å²) in [6.07, 6.45) is -4.55. The zero-order valence-corrected chi connectivity index (χ0v) is 11.4. The monoisotopic (exact) mass is 288 g/mol. The first kappa shape index (κ1) is 15.3. The number of piperazine rings is 1. The van der Waals surface area contributed by atoms with E-state index in [0.29, 0.717) is 6.54 Å². The zero-order valence-electron chi connectivity index (χ0n) is 11.4. The average Bonchev–Trinajstić information content (AvgIpc) is 2.38. The summed E-state index contributed by atoms with van der Waals surface area (Å²) in [6, 6.07) is 10.2. The smallest absolute Gasteiger partial charge is 0.311 e. The van der Waals surface area contributed by atoms with Crippen LogP contribution in [-0.4, -0.2) is 43.5 Å². The van der Waals surface area contributed by atoms with Crippen molar-refractivity contribution in [3.05, 3.63) is 35.9 Å². The quantitative estimate of drug-likeness (QED) is 0.921. The first-order valence-corrected chi connectivity index (χ1v) is 6.69. The molecule has 1 aromatic rings. The first-order valence-electron chi connectivity index (χ1n) is 6.69. The van der Waals surface area contributed by atoms with Gasteiger partial charge in [0.2, 0.25) is 0 Å². The van der Waals surface area contributed by atoms with Crippen LogP contribution in [0.2, 0.25) is 0 Å². The molecule has 1 heterocycles. The number of ether oxygens (including phenoxy) is 1. The number of hydrogen-bond acceptors (Lipinski definition) is 3. The second-order valence-electron chi connectivity index (χ2n) is 5.02. The summed E-state index contributed by atoms with van der Waals surface area (Å²) >= 11 is 0. The summed E-state index contributed by atoms with van der Waals surface area (Å²) < 4.78 is 40.1. The van der Waals surface area contributed by atoms with Crippen LogP contribution in [0.25, 0.3) is 0 Å². The number of nitrogens with zero attached hydrogens (tertiary/aromatic N) is 1. The molecule has 2 unspecified atom stereocenters. The van der Waals surface area contributed by atoms with Crippen molar-refractivity contribution in [2.24, 2.45) is 0 Å². The first-order chi connectivity index (χ1) is 9.46. The minimum atomic E-state index is -4.55. The summed E-state index contributed by atoms with van der Waals surface area (Å²) in [7, 11) is 0. The van der Waals surface area contributed by atoms with Crippen LogP contribution in [0.4, 0.5) is 13.2 Å². The van der Waals surface area contributed by atoms with Gasteiger partial charge in [0.25, 0.3) is 0 Å². The Balaban J connectivity index is 1.98. The van der Waals surface area contributed by atoms with Gasteiger partial charge in [-0.05, 0) is 12.5 Å². The molecule has 0 bridgehead atoms. The van der Waals surface area contributed by atoms with Gasteiger partial charge in [-0.15, -0.1) is 13.2 Å². The summed E-state index contributed by atoms with van der Waals surface area (Å²) in [4.78, 5) is 2.04. The van der Waals surface area contributed by atoms with Gasteiger partial charge in [0, 0.05) is 31.7 Å². The van der Waals surface area contributed by atoms with E-state index in [-0.39, 0.29) is 25.2 Å². The maximum atomic E-state index is 12.1. The molecule has 112 valence electrons. The van der Waals surface area contributed by atoms with E-state index < -0.39 is 6.36 Å². The molecule has 0 amide bonds. The normalized spacial score (nSPS) is 24.8. The molecule has 0 saturated carbocycles. The third kappa shape index (κ3) is 4.47. The Labute approximate surface area is 116 Å². The third-order valence-corrected chi connectivity index (χ3v) is 3.44. The number of rotatable bonds is 4. The summed E-state index contributed by atoms with van der Waals surface area (Å²) in [5.41, 5.74) is 1.11. The molecule has 3 nitrogen and oxygen atoms in total. The Morgan fingerprint density at radius 1 is 1.30 bits per heavy atom. The molecule has 1 aromatic carbocycles. The molecule has 0 aliphatic carbocycles. The van der Waals surface area contributed by atoms with Crippen molar-refractivity contribution in [3.8, 4) is 0 Å². The van der Waals surface area contributed by atoms with Gasteiger partial charge in [-0.2, -0.15) is 0 Å². The minimum Gasteiger partial charge on any atom is -0.311 e. The van der Waals surface area contributed by atoms with E-state index in [1.54, 1.807) is 0 Å². The van der Waals surface area contributed by atoms with E-state index in [4.69, 9.17) is 0 Å². The third-order valence-electron chi connectivity index (χ3n) is 3.44. The van der Waals surface area contributed by atoms with E-state index in [2.05, 4.69) is 10.1 Å². The lowest BCUT2D eigenvalue weighted by Crippen LogP contribution is -2.51. The van der Waals surface area contributed by atoms with Crippen molar-refractivity contribution in [2.45, 2.75) is 25.4 Å². The van der Waals surface area contributed by atoms with Crippen LogP contribution in [0.15, 0.2) is 30.3 Å². The highest BCUT2D eigenvalue weighted by Gasteiger charge is 2.31. The van der Waals surface area contributed by atoms with Crippen LogP contribution < -0.4 is 5.32 Å². The van der Waals surface area contributed by atoms with Crippen LogP contribution >= 0.6 is 0 Å². The predicted octanol–water partition coefficient (Wildman–Crippen LogP) is 2.56. The molecule has 0 spiro atoms. The maximum absolute atomic E-state index is 12.1. The Hall–Kier alpha value is -1.11. The predicted molar refractivity (Wildman–Crippen MR) is 70.2 cm³/mol. The lowest BCUT2D eigenvalue weighted by Gasteiger charge is -2.39. The molecule has 6 heteroatoms. The largest absolute Gasteiger partial charge is 0.522 e. The zero-order chi connectivity index (χ0) is 14.6. The second kappa shape index (κ2) is 6.56. The molecule has 0 aromatic heterocycles. The fraction of sp³-hybridized carbons (Fsp3) is 0.571. The highest BCUT2D eigenvalue weighted by Crippen LogP contribution is 2.24. The summed E-state index contributed by atoms with van der Waals surface area (Å²) in [5.74, 6) is 0. The van der Waals surface area contributed by atoms with Gasteiger partial charge in [-0.1, -0.05) is 30.3 Å². The maximum Gasteiger partial charge on any atom is 0.522 e. The average molecular weight is 288 g/mol. The van der Waals surface area contributed by atoms with E-state index >= 15 is 0 Å². The van der Waals surface area contributed by atoms with Crippen molar-refractivity contribution < 1.29 is 17.9 Å². The highest BCUT2D eigenvalue weighted by atomic mass is 19.4. The summed E-state index contributed by atoms with van der Waals surface area (Å²) in [5, 5.41) is 3.36. The molecule has 2 rings (SSSR count). The van der Waals surface area contributed by atoms with Crippen LogP contribution in [0.1, 0.15) is 18.5 Å². The van der Waals surface area contributed by atoms with Crippen molar-refractivity contribution in [1.29, 1.82) is 0 Å². The van der Waals surface area contributed by atoms with Crippen molar-refractivity contribution in [2.75, 3.05) is 26.2 Å². The van der Waals surface area contributed by atoms with Gasteiger partial charge in [-0.25, -0.2) is 0 Å². The lowest BCUT2D eigenvalue weighted by atomic mass is 10.0. The van der Waals surface area contributed by atoms with Crippen LogP contribution in [0.5, 0.6) is 0 Å². The molecule has 1 aliphatic rings. The molecule has 1 N–H and O–H groups in total. The molecular weight excluding hydrogens is 269 g/mol. The molecule has 0 radical (unpaired) electrons. The van der Waals surface area contributed by atoms with E-state index in [0.717, 1.165) is 12.1 Å². The molecule has 1 saturated heterocycles.